The summed E-state index contributed by atoms with van der Waals surface area (Å²) in [6.07, 6.45) is 1.44. The van der Waals surface area contributed by atoms with Gasteiger partial charge in [0.2, 0.25) is 0 Å². The van der Waals surface area contributed by atoms with E-state index < -0.39 is 0 Å². The van der Waals surface area contributed by atoms with E-state index in [9.17, 15) is 4.39 Å². The maximum atomic E-state index is 11.3. The summed E-state index contributed by atoms with van der Waals surface area (Å²) >= 11 is 0. The van der Waals surface area contributed by atoms with Crippen LogP contribution in [0.2, 0.25) is 0 Å². The van der Waals surface area contributed by atoms with Gasteiger partial charge in [-0.25, -0.2) is 4.39 Å². The largest absolute Gasteiger partial charge is 0.496 e. The Morgan fingerprint density at radius 3 is 2.67 bits per heavy atom. The Hall–Kier alpha value is -0.530. The first-order valence-electron chi connectivity index (χ1n) is 1.79. The summed E-state index contributed by atoms with van der Waals surface area (Å²) in [6.45, 7) is 0.149. The van der Waals surface area contributed by atoms with Gasteiger partial charge in [0.25, 0.3) is 0 Å². The first-order valence-corrected chi connectivity index (χ1v) is 1.79. The maximum absolute atomic E-state index is 11.3. The van der Waals surface area contributed by atoms with Gasteiger partial charge in [-0.15, -0.1) is 0 Å². The second-order valence-corrected chi connectivity index (χ2v) is 1.22. The van der Waals surface area contributed by atoms with E-state index in [0.29, 0.717) is 6.61 Å². The molecule has 2 heteroatoms. The van der Waals surface area contributed by atoms with Gasteiger partial charge in [0, 0.05) is 5.57 Å². The standard InChI is InChI=1S/C4H5FO/c5-1-4-2-6-3-4/h2H,1,3H2. The fourth-order valence-corrected chi connectivity index (χ4v) is 0.271. The van der Waals surface area contributed by atoms with Crippen LogP contribution in [0.1, 0.15) is 0 Å². The smallest absolute Gasteiger partial charge is 0.117 e. The van der Waals surface area contributed by atoms with Crippen molar-refractivity contribution in [3.8, 4) is 0 Å². The molecule has 34 valence electrons. The van der Waals surface area contributed by atoms with Crippen molar-refractivity contribution in [2.45, 2.75) is 0 Å². The van der Waals surface area contributed by atoms with Crippen LogP contribution in [0, 0.1) is 0 Å². The summed E-state index contributed by atoms with van der Waals surface area (Å²) < 4.78 is 15.8. The Morgan fingerprint density at radius 1 is 2.00 bits per heavy atom. The zero-order valence-electron chi connectivity index (χ0n) is 3.28. The van der Waals surface area contributed by atoms with Gasteiger partial charge in [0.15, 0.2) is 0 Å². The molecule has 0 aromatic rings. The third-order valence-electron chi connectivity index (χ3n) is 0.690. The number of alkyl halides is 1. The van der Waals surface area contributed by atoms with Gasteiger partial charge in [-0.1, -0.05) is 0 Å². The average molecular weight is 88.1 g/mol. The first kappa shape index (κ1) is 3.65. The highest BCUT2D eigenvalue weighted by Crippen LogP contribution is 2.05. The molecule has 1 aliphatic rings. The number of ether oxygens (including phenoxy) is 1. The fraction of sp³-hybridized carbons (Fsp3) is 0.500. The van der Waals surface area contributed by atoms with Gasteiger partial charge in [0.1, 0.15) is 13.3 Å². The number of halogens is 1. The normalized spacial score (nSPS) is 17.8. The summed E-state index contributed by atoms with van der Waals surface area (Å²) in [5, 5.41) is 0. The highest BCUT2D eigenvalue weighted by Gasteiger charge is 2.03. The zero-order valence-corrected chi connectivity index (χ0v) is 3.28. The topological polar surface area (TPSA) is 9.23 Å². The highest BCUT2D eigenvalue weighted by atomic mass is 19.1. The van der Waals surface area contributed by atoms with Crippen LogP contribution in [-0.4, -0.2) is 13.3 Å². The van der Waals surface area contributed by atoms with Crippen molar-refractivity contribution in [1.82, 2.24) is 0 Å². The Bertz CT molecular complexity index is 77.6. The Morgan fingerprint density at radius 2 is 2.67 bits per heavy atom. The maximum Gasteiger partial charge on any atom is 0.117 e. The molecule has 0 spiro atoms. The molecule has 0 amide bonds. The average Bonchev–Trinajstić information content (AvgIpc) is 1.31. The quantitative estimate of drug-likeness (QED) is 0.462. The third kappa shape index (κ3) is 0.379. The predicted molar refractivity (Wildman–Crippen MR) is 20.0 cm³/mol. The van der Waals surface area contributed by atoms with Crippen molar-refractivity contribution in [2.24, 2.45) is 0 Å². The van der Waals surface area contributed by atoms with E-state index in [-0.39, 0.29) is 6.67 Å². The molecule has 0 radical (unpaired) electrons. The Labute approximate surface area is 35.4 Å². The number of hydrogen-bond donors (Lipinski definition) is 0. The minimum atomic E-state index is -0.347. The van der Waals surface area contributed by atoms with E-state index in [4.69, 9.17) is 0 Å². The number of hydrogen-bond acceptors (Lipinski definition) is 1. The van der Waals surface area contributed by atoms with E-state index in [1.54, 1.807) is 0 Å². The van der Waals surface area contributed by atoms with Crippen LogP contribution in [0.4, 0.5) is 4.39 Å². The molecular weight excluding hydrogens is 83.0 g/mol. The lowest BCUT2D eigenvalue weighted by atomic mass is 10.3. The van der Waals surface area contributed by atoms with Crippen LogP contribution in [0.3, 0.4) is 0 Å². The van der Waals surface area contributed by atoms with Crippen LogP contribution in [-0.2, 0) is 4.74 Å². The van der Waals surface area contributed by atoms with Crippen LogP contribution >= 0.6 is 0 Å². The van der Waals surface area contributed by atoms with Crippen molar-refractivity contribution < 1.29 is 9.13 Å². The molecule has 0 saturated heterocycles. The lowest BCUT2D eigenvalue weighted by Crippen LogP contribution is -2.05. The van der Waals surface area contributed by atoms with Crippen LogP contribution < -0.4 is 0 Å². The second kappa shape index (κ2) is 1.29. The lowest BCUT2D eigenvalue weighted by Gasteiger charge is -2.10. The van der Waals surface area contributed by atoms with Gasteiger partial charge in [0.05, 0.1) is 6.26 Å². The third-order valence-corrected chi connectivity index (χ3v) is 0.690. The molecule has 0 aromatic carbocycles. The SMILES string of the molecule is FCC1=COC1. The van der Waals surface area contributed by atoms with E-state index in [1.807, 2.05) is 0 Å². The number of rotatable bonds is 1. The molecule has 0 bridgehead atoms. The first-order chi connectivity index (χ1) is 2.93. The second-order valence-electron chi connectivity index (χ2n) is 1.22. The molecule has 0 aliphatic carbocycles. The molecule has 0 aromatic heterocycles. The van der Waals surface area contributed by atoms with Gasteiger partial charge in [-0.3, -0.25) is 0 Å². The molecular formula is C4H5FO. The summed E-state index contributed by atoms with van der Waals surface area (Å²) in [6, 6.07) is 0. The molecule has 0 N–H and O–H groups in total. The van der Waals surface area contributed by atoms with Crippen molar-refractivity contribution >= 4 is 0 Å². The Balaban J connectivity index is 2.32. The molecule has 1 heterocycles. The molecule has 0 saturated carbocycles. The van der Waals surface area contributed by atoms with Crippen LogP contribution in [0.15, 0.2) is 11.8 Å². The summed E-state index contributed by atoms with van der Waals surface area (Å²) in [7, 11) is 0. The minimum Gasteiger partial charge on any atom is -0.496 e. The van der Waals surface area contributed by atoms with Gasteiger partial charge >= 0.3 is 0 Å². The van der Waals surface area contributed by atoms with E-state index in [0.717, 1.165) is 5.57 Å². The molecule has 1 aliphatic heterocycles. The molecule has 0 fully saturated rings. The van der Waals surface area contributed by atoms with Gasteiger partial charge in [-0.2, -0.15) is 0 Å². The monoisotopic (exact) mass is 88.0 g/mol. The Kier molecular flexibility index (Phi) is 0.783. The van der Waals surface area contributed by atoms with Crippen molar-refractivity contribution in [3.05, 3.63) is 11.8 Å². The summed E-state index contributed by atoms with van der Waals surface area (Å²) in [4.78, 5) is 0. The van der Waals surface area contributed by atoms with Crippen molar-refractivity contribution in [2.75, 3.05) is 13.3 Å². The molecule has 6 heavy (non-hydrogen) atoms. The van der Waals surface area contributed by atoms with Gasteiger partial charge in [-0.05, 0) is 0 Å². The lowest BCUT2D eigenvalue weighted by molar-refractivity contribution is 0.211. The molecule has 1 rings (SSSR count). The summed E-state index contributed by atoms with van der Waals surface area (Å²) in [5.74, 6) is 0. The summed E-state index contributed by atoms with van der Waals surface area (Å²) in [5.41, 5.74) is 0.759. The van der Waals surface area contributed by atoms with Crippen molar-refractivity contribution in [1.29, 1.82) is 0 Å². The van der Waals surface area contributed by atoms with E-state index >= 15 is 0 Å². The highest BCUT2D eigenvalue weighted by molar-refractivity contribution is 5.05. The van der Waals surface area contributed by atoms with Crippen LogP contribution in [0.25, 0.3) is 0 Å². The van der Waals surface area contributed by atoms with Gasteiger partial charge < -0.3 is 4.74 Å². The molecule has 0 unspecified atom stereocenters. The zero-order chi connectivity index (χ0) is 4.41. The molecule has 1 nitrogen and oxygen atoms in total. The van der Waals surface area contributed by atoms with E-state index in [1.165, 1.54) is 6.26 Å². The fourth-order valence-electron chi connectivity index (χ4n) is 0.271. The molecule has 0 atom stereocenters. The predicted octanol–water partition coefficient (Wildman–Crippen LogP) is 0.870. The van der Waals surface area contributed by atoms with Crippen molar-refractivity contribution in [3.63, 3.8) is 0 Å². The van der Waals surface area contributed by atoms with Crippen LogP contribution in [0.5, 0.6) is 0 Å². The van der Waals surface area contributed by atoms with E-state index in [2.05, 4.69) is 4.74 Å². The minimum absolute atomic E-state index is 0.347.